The molecule has 0 fully saturated rings. The molecule has 0 radical (unpaired) electrons. The van der Waals surface area contributed by atoms with Gasteiger partial charge in [0.1, 0.15) is 0 Å². The third-order valence-corrected chi connectivity index (χ3v) is 5.55. The number of fused-ring (bicyclic) bond motifs is 1. The van der Waals surface area contributed by atoms with Gasteiger partial charge in [-0.2, -0.15) is 13.2 Å². The van der Waals surface area contributed by atoms with E-state index in [-0.39, 0.29) is 0 Å². The van der Waals surface area contributed by atoms with Crippen LogP contribution in [-0.4, -0.2) is 4.98 Å². The lowest BCUT2D eigenvalue weighted by Crippen LogP contribution is -2.13. The number of nitrogens with one attached hydrogen (secondary N) is 2. The van der Waals surface area contributed by atoms with Crippen molar-refractivity contribution in [1.82, 2.24) is 10.3 Å². The van der Waals surface area contributed by atoms with Crippen LogP contribution in [0.3, 0.4) is 0 Å². The van der Waals surface area contributed by atoms with E-state index in [0.717, 1.165) is 41.0 Å². The highest BCUT2D eigenvalue weighted by Gasteiger charge is 2.29. The summed E-state index contributed by atoms with van der Waals surface area (Å²) in [6.45, 7) is 1.38. The van der Waals surface area contributed by atoms with E-state index in [9.17, 15) is 13.2 Å². The Labute approximate surface area is 182 Å². The van der Waals surface area contributed by atoms with Crippen LogP contribution in [0.25, 0.3) is 10.9 Å². The first kappa shape index (κ1) is 21.2. The molecule has 0 saturated carbocycles. The third-order valence-electron chi connectivity index (χ3n) is 4.72. The first-order valence-corrected chi connectivity index (χ1v) is 10.5. The summed E-state index contributed by atoms with van der Waals surface area (Å²) in [6.07, 6.45) is -4.33. The van der Waals surface area contributed by atoms with Crippen molar-refractivity contribution in [3.63, 3.8) is 0 Å². The summed E-state index contributed by atoms with van der Waals surface area (Å²) in [5, 5.41) is 4.39. The topological polar surface area (TPSA) is 37.0 Å². The quantitative estimate of drug-likeness (QED) is 0.316. The molecular weight excluding hydrogens is 419 g/mol. The fraction of sp³-hybridized carbons (Fsp3) is 0.125. The first-order valence-electron chi connectivity index (χ1n) is 9.72. The van der Waals surface area contributed by atoms with E-state index in [1.807, 2.05) is 48.5 Å². The van der Waals surface area contributed by atoms with Gasteiger partial charge in [-0.3, -0.25) is 0 Å². The minimum atomic E-state index is -4.33. The number of hydrogen-bond donors (Lipinski definition) is 2. The third kappa shape index (κ3) is 5.57. The van der Waals surface area contributed by atoms with Gasteiger partial charge in [-0.1, -0.05) is 48.5 Å². The van der Waals surface area contributed by atoms with Crippen molar-refractivity contribution in [1.29, 1.82) is 0 Å². The first-order chi connectivity index (χ1) is 15.0. The monoisotopic (exact) mass is 439 g/mol. The van der Waals surface area contributed by atoms with Gasteiger partial charge in [0, 0.05) is 23.4 Å². The summed E-state index contributed by atoms with van der Waals surface area (Å²) in [5.41, 5.74) is 3.10. The highest BCUT2D eigenvalue weighted by atomic mass is 32.2. The normalized spacial score (nSPS) is 11.6. The molecular formula is C24H20F3N3S. The maximum atomic E-state index is 12.7. The van der Waals surface area contributed by atoms with Crippen LogP contribution in [0.5, 0.6) is 0 Å². The molecule has 1 aromatic heterocycles. The average molecular weight is 440 g/mol. The van der Waals surface area contributed by atoms with Crippen LogP contribution in [0.15, 0.2) is 89.8 Å². The van der Waals surface area contributed by atoms with E-state index in [0.29, 0.717) is 11.4 Å². The SMILES string of the molecule is FC(F)(F)c1ccc(SNc2cccc3ccc(CNCc4ccccc4)nc23)cc1. The lowest BCUT2D eigenvalue weighted by atomic mass is 10.1. The van der Waals surface area contributed by atoms with Gasteiger partial charge in [-0.05, 0) is 53.9 Å². The summed E-state index contributed by atoms with van der Waals surface area (Å²) >= 11 is 1.26. The number of alkyl halides is 3. The predicted octanol–water partition coefficient (Wildman–Crippen LogP) is 6.66. The predicted molar refractivity (Wildman–Crippen MR) is 120 cm³/mol. The van der Waals surface area contributed by atoms with Gasteiger partial charge in [-0.25, -0.2) is 4.98 Å². The molecule has 158 valence electrons. The summed E-state index contributed by atoms with van der Waals surface area (Å²) < 4.78 is 41.4. The number of anilines is 1. The standard InChI is InChI=1S/C24H20F3N3S/c25-24(26,27)19-10-13-21(14-11-19)31-30-22-8-4-7-18-9-12-20(29-23(18)22)16-28-15-17-5-2-1-3-6-17/h1-14,28,30H,15-16H2. The van der Waals surface area contributed by atoms with Gasteiger partial charge >= 0.3 is 6.18 Å². The average Bonchev–Trinajstić information content (AvgIpc) is 2.78. The van der Waals surface area contributed by atoms with Crippen LogP contribution in [0.2, 0.25) is 0 Å². The summed E-state index contributed by atoms with van der Waals surface area (Å²) in [5.74, 6) is 0. The molecule has 2 N–H and O–H groups in total. The number of para-hydroxylation sites is 1. The molecule has 3 nitrogen and oxygen atoms in total. The molecule has 4 aromatic rings. The Morgan fingerprint density at radius 1 is 0.774 bits per heavy atom. The van der Waals surface area contributed by atoms with Crippen LogP contribution >= 0.6 is 11.9 Å². The Kier molecular flexibility index (Phi) is 6.44. The maximum Gasteiger partial charge on any atom is 0.416 e. The molecule has 1 heterocycles. The molecule has 0 saturated heterocycles. The van der Waals surface area contributed by atoms with Crippen molar-refractivity contribution in [3.05, 3.63) is 102 Å². The number of halogens is 3. The second-order valence-corrected chi connectivity index (χ2v) is 7.87. The molecule has 0 aliphatic carbocycles. The fourth-order valence-electron chi connectivity index (χ4n) is 3.12. The number of benzene rings is 3. The van der Waals surface area contributed by atoms with Crippen molar-refractivity contribution in [3.8, 4) is 0 Å². The minimum absolute atomic E-state index is 0.630. The molecule has 0 bridgehead atoms. The lowest BCUT2D eigenvalue weighted by molar-refractivity contribution is -0.137. The van der Waals surface area contributed by atoms with E-state index in [4.69, 9.17) is 4.98 Å². The number of hydrogen-bond acceptors (Lipinski definition) is 4. The molecule has 3 aromatic carbocycles. The molecule has 31 heavy (non-hydrogen) atoms. The molecule has 0 spiro atoms. The van der Waals surface area contributed by atoms with Crippen LogP contribution < -0.4 is 10.0 Å². The molecule has 0 unspecified atom stereocenters. The second kappa shape index (κ2) is 9.41. The summed E-state index contributed by atoms with van der Waals surface area (Å²) in [4.78, 5) is 5.46. The summed E-state index contributed by atoms with van der Waals surface area (Å²) in [6, 6.07) is 25.1. The van der Waals surface area contributed by atoms with Gasteiger partial charge in [0.25, 0.3) is 0 Å². The Hall–Kier alpha value is -3.03. The molecule has 0 atom stereocenters. The molecule has 7 heteroatoms. The van der Waals surface area contributed by atoms with Crippen molar-refractivity contribution in [2.24, 2.45) is 0 Å². The zero-order valence-electron chi connectivity index (χ0n) is 16.5. The minimum Gasteiger partial charge on any atom is -0.324 e. The van der Waals surface area contributed by atoms with Crippen LogP contribution in [0, 0.1) is 0 Å². The van der Waals surface area contributed by atoms with E-state index in [1.165, 1.54) is 29.6 Å². The van der Waals surface area contributed by atoms with Gasteiger partial charge < -0.3 is 10.0 Å². The van der Waals surface area contributed by atoms with Crippen molar-refractivity contribution in [2.75, 3.05) is 4.72 Å². The number of aromatic nitrogens is 1. The number of rotatable bonds is 7. The van der Waals surface area contributed by atoms with Crippen molar-refractivity contribution >= 4 is 28.5 Å². The Bertz CT molecular complexity index is 1150. The van der Waals surface area contributed by atoms with E-state index in [1.54, 1.807) is 0 Å². The summed E-state index contributed by atoms with van der Waals surface area (Å²) in [7, 11) is 0. The molecule has 0 aliphatic rings. The van der Waals surface area contributed by atoms with Gasteiger partial charge in [-0.15, -0.1) is 0 Å². The molecule has 4 rings (SSSR count). The largest absolute Gasteiger partial charge is 0.416 e. The zero-order chi connectivity index (χ0) is 21.7. The van der Waals surface area contributed by atoms with Crippen LogP contribution in [-0.2, 0) is 19.3 Å². The van der Waals surface area contributed by atoms with E-state index < -0.39 is 11.7 Å². The number of nitrogens with zero attached hydrogens (tertiary/aromatic N) is 1. The highest BCUT2D eigenvalue weighted by Crippen LogP contribution is 2.32. The Balaban J connectivity index is 1.44. The van der Waals surface area contributed by atoms with E-state index >= 15 is 0 Å². The van der Waals surface area contributed by atoms with Crippen LogP contribution in [0.4, 0.5) is 18.9 Å². The van der Waals surface area contributed by atoms with E-state index in [2.05, 4.69) is 22.2 Å². The van der Waals surface area contributed by atoms with Gasteiger partial charge in [0.05, 0.1) is 22.5 Å². The van der Waals surface area contributed by atoms with Crippen molar-refractivity contribution in [2.45, 2.75) is 24.2 Å². The maximum absolute atomic E-state index is 12.7. The van der Waals surface area contributed by atoms with Crippen LogP contribution in [0.1, 0.15) is 16.8 Å². The molecule has 0 amide bonds. The zero-order valence-corrected chi connectivity index (χ0v) is 17.3. The smallest absolute Gasteiger partial charge is 0.324 e. The highest BCUT2D eigenvalue weighted by molar-refractivity contribution is 8.00. The van der Waals surface area contributed by atoms with Crippen molar-refractivity contribution < 1.29 is 13.2 Å². The van der Waals surface area contributed by atoms with Gasteiger partial charge in [0.2, 0.25) is 0 Å². The second-order valence-electron chi connectivity index (χ2n) is 7.00. The fourth-order valence-corrected chi connectivity index (χ4v) is 3.79. The molecule has 0 aliphatic heterocycles. The van der Waals surface area contributed by atoms with Gasteiger partial charge in [0.15, 0.2) is 0 Å². The Morgan fingerprint density at radius 2 is 1.55 bits per heavy atom. The lowest BCUT2D eigenvalue weighted by Gasteiger charge is -2.11. The Morgan fingerprint density at radius 3 is 2.29 bits per heavy atom. The number of pyridine rings is 1.